The third kappa shape index (κ3) is 2.84. The topological polar surface area (TPSA) is 46.9 Å². The second-order valence-electron chi connectivity index (χ2n) is 5.77. The third-order valence-corrected chi connectivity index (χ3v) is 4.06. The van der Waals surface area contributed by atoms with Crippen molar-refractivity contribution < 1.29 is 4.79 Å². The smallest absolute Gasteiger partial charge is 0.241 e. The first-order valence-electron chi connectivity index (χ1n) is 7.44. The van der Waals surface area contributed by atoms with E-state index in [1.54, 1.807) is 4.68 Å². The fourth-order valence-electron chi connectivity index (χ4n) is 2.96. The number of fused-ring (bicyclic) bond motifs is 1. The lowest BCUT2D eigenvalue weighted by Crippen LogP contribution is -2.38. The zero-order chi connectivity index (χ0) is 13.9. The highest BCUT2D eigenvalue weighted by Crippen LogP contribution is 2.18. The van der Waals surface area contributed by atoms with Gasteiger partial charge in [0.1, 0.15) is 6.54 Å². The summed E-state index contributed by atoms with van der Waals surface area (Å²) in [5.41, 5.74) is 2.22. The molecule has 0 radical (unpaired) electrons. The molecule has 1 amide bonds. The average molecular weight is 271 g/mol. The van der Waals surface area contributed by atoms with Gasteiger partial charge in [0.15, 0.2) is 0 Å². The molecule has 3 rings (SSSR count). The Hall–Kier alpha value is -1.84. The van der Waals surface area contributed by atoms with Gasteiger partial charge in [-0.3, -0.25) is 9.48 Å². The van der Waals surface area contributed by atoms with Crippen LogP contribution in [0.4, 0.5) is 0 Å². The summed E-state index contributed by atoms with van der Waals surface area (Å²) < 4.78 is 1.79. The molecule has 0 atom stereocenters. The Bertz CT molecular complexity index is 611. The molecule has 20 heavy (non-hydrogen) atoms. The van der Waals surface area contributed by atoms with Crippen LogP contribution in [0, 0.1) is 6.92 Å². The van der Waals surface area contributed by atoms with Crippen molar-refractivity contribution in [3.8, 4) is 0 Å². The molecule has 1 saturated carbocycles. The van der Waals surface area contributed by atoms with Gasteiger partial charge in [-0.15, -0.1) is 0 Å². The molecule has 1 fully saturated rings. The number of nitrogens with zero attached hydrogens (tertiary/aromatic N) is 2. The van der Waals surface area contributed by atoms with E-state index in [9.17, 15) is 4.79 Å². The molecule has 1 aromatic carbocycles. The maximum Gasteiger partial charge on any atom is 0.241 e. The Morgan fingerprint density at radius 2 is 2.15 bits per heavy atom. The van der Waals surface area contributed by atoms with E-state index in [0.717, 1.165) is 23.7 Å². The molecular weight excluding hydrogens is 250 g/mol. The number of carbonyl (C=O) groups is 1. The predicted molar refractivity (Wildman–Crippen MR) is 79.5 cm³/mol. The van der Waals surface area contributed by atoms with Crippen LogP contribution in [0.25, 0.3) is 10.9 Å². The first-order valence-corrected chi connectivity index (χ1v) is 7.44. The Morgan fingerprint density at radius 1 is 1.35 bits per heavy atom. The van der Waals surface area contributed by atoms with Crippen LogP contribution in [-0.4, -0.2) is 21.7 Å². The Balaban J connectivity index is 1.69. The van der Waals surface area contributed by atoms with E-state index < -0.39 is 0 Å². The van der Waals surface area contributed by atoms with Crippen molar-refractivity contribution in [2.24, 2.45) is 0 Å². The molecule has 1 N–H and O–H groups in total. The second-order valence-corrected chi connectivity index (χ2v) is 5.77. The molecule has 1 heterocycles. The fourth-order valence-corrected chi connectivity index (χ4v) is 2.96. The molecule has 1 aliphatic carbocycles. The minimum Gasteiger partial charge on any atom is -0.352 e. The fraction of sp³-hybridized carbons (Fsp3) is 0.500. The first-order chi connectivity index (χ1) is 9.72. The minimum atomic E-state index is 0.0726. The van der Waals surface area contributed by atoms with Crippen molar-refractivity contribution in [1.29, 1.82) is 0 Å². The summed E-state index contributed by atoms with van der Waals surface area (Å²) in [4.78, 5) is 12.1. The molecule has 1 aliphatic rings. The van der Waals surface area contributed by atoms with Crippen LogP contribution >= 0.6 is 0 Å². The van der Waals surface area contributed by atoms with Gasteiger partial charge in [0.25, 0.3) is 0 Å². The van der Waals surface area contributed by atoms with Crippen molar-refractivity contribution in [2.75, 3.05) is 0 Å². The molecule has 0 saturated heterocycles. The maximum absolute atomic E-state index is 12.1. The number of hydrogen-bond acceptors (Lipinski definition) is 2. The van der Waals surface area contributed by atoms with Crippen molar-refractivity contribution in [1.82, 2.24) is 15.1 Å². The molecule has 0 spiro atoms. The average Bonchev–Trinajstić information content (AvgIpc) is 2.82. The highest BCUT2D eigenvalue weighted by molar-refractivity contribution is 5.82. The summed E-state index contributed by atoms with van der Waals surface area (Å²) in [6.45, 7) is 2.36. The van der Waals surface area contributed by atoms with Gasteiger partial charge in [-0.2, -0.15) is 5.10 Å². The first kappa shape index (κ1) is 13.2. The molecule has 2 aromatic rings. The van der Waals surface area contributed by atoms with Gasteiger partial charge in [-0.1, -0.05) is 31.4 Å². The summed E-state index contributed by atoms with van der Waals surface area (Å²) in [6.07, 6.45) is 7.82. The number of amides is 1. The number of rotatable bonds is 3. The van der Waals surface area contributed by atoms with Gasteiger partial charge in [0.2, 0.25) is 5.91 Å². The molecule has 1 aromatic heterocycles. The van der Waals surface area contributed by atoms with Gasteiger partial charge in [-0.25, -0.2) is 0 Å². The zero-order valence-electron chi connectivity index (χ0n) is 11.9. The molecule has 0 aliphatic heterocycles. The van der Waals surface area contributed by atoms with Crippen LogP contribution < -0.4 is 5.32 Å². The van der Waals surface area contributed by atoms with Gasteiger partial charge >= 0.3 is 0 Å². The monoisotopic (exact) mass is 271 g/mol. The SMILES string of the molecule is Cc1ccc2cnn(CC(=O)NC3CCCCC3)c2c1. The van der Waals surface area contributed by atoms with E-state index in [2.05, 4.69) is 29.5 Å². The lowest BCUT2D eigenvalue weighted by atomic mass is 9.95. The van der Waals surface area contributed by atoms with Crippen molar-refractivity contribution in [3.05, 3.63) is 30.0 Å². The van der Waals surface area contributed by atoms with Crippen LogP contribution in [0.15, 0.2) is 24.4 Å². The van der Waals surface area contributed by atoms with Crippen LogP contribution in [0.3, 0.4) is 0 Å². The van der Waals surface area contributed by atoms with Crippen LogP contribution in [-0.2, 0) is 11.3 Å². The van der Waals surface area contributed by atoms with Crippen molar-refractivity contribution in [2.45, 2.75) is 51.6 Å². The number of benzene rings is 1. The van der Waals surface area contributed by atoms with E-state index in [0.29, 0.717) is 12.6 Å². The van der Waals surface area contributed by atoms with Crippen LogP contribution in [0.2, 0.25) is 0 Å². The standard InChI is InChI=1S/C16H21N3O/c1-12-7-8-13-10-17-19(15(13)9-12)11-16(20)18-14-5-3-2-4-6-14/h7-10,14H,2-6,11H2,1H3,(H,18,20). The summed E-state index contributed by atoms with van der Waals surface area (Å²) in [5.74, 6) is 0.0726. The lowest BCUT2D eigenvalue weighted by molar-refractivity contribution is -0.122. The van der Waals surface area contributed by atoms with Gasteiger partial charge in [-0.05, 0) is 31.4 Å². The quantitative estimate of drug-likeness (QED) is 0.933. The van der Waals surface area contributed by atoms with Crippen LogP contribution in [0.1, 0.15) is 37.7 Å². The third-order valence-electron chi connectivity index (χ3n) is 4.06. The van der Waals surface area contributed by atoms with Crippen molar-refractivity contribution >= 4 is 16.8 Å². The zero-order valence-corrected chi connectivity index (χ0v) is 11.9. The van der Waals surface area contributed by atoms with Crippen LogP contribution in [0.5, 0.6) is 0 Å². The number of nitrogens with one attached hydrogen (secondary N) is 1. The number of aromatic nitrogens is 2. The Kier molecular flexibility index (Phi) is 3.72. The summed E-state index contributed by atoms with van der Waals surface area (Å²) in [5, 5.41) is 8.55. The molecule has 4 heteroatoms. The number of aryl methyl sites for hydroxylation is 1. The van der Waals surface area contributed by atoms with Gasteiger partial charge < -0.3 is 5.32 Å². The second kappa shape index (κ2) is 5.65. The number of carbonyl (C=O) groups excluding carboxylic acids is 1. The van der Waals surface area contributed by atoms with E-state index in [-0.39, 0.29) is 5.91 Å². The van der Waals surface area contributed by atoms with E-state index in [1.165, 1.54) is 24.8 Å². The molecule has 0 unspecified atom stereocenters. The van der Waals surface area contributed by atoms with Crippen molar-refractivity contribution in [3.63, 3.8) is 0 Å². The molecule has 4 nitrogen and oxygen atoms in total. The largest absolute Gasteiger partial charge is 0.352 e. The highest BCUT2D eigenvalue weighted by Gasteiger charge is 2.16. The highest BCUT2D eigenvalue weighted by atomic mass is 16.2. The Morgan fingerprint density at radius 3 is 2.95 bits per heavy atom. The molecule has 106 valence electrons. The normalized spacial score (nSPS) is 16.4. The minimum absolute atomic E-state index is 0.0726. The van der Waals surface area contributed by atoms with E-state index >= 15 is 0 Å². The summed E-state index contributed by atoms with van der Waals surface area (Å²) in [7, 11) is 0. The molecular formula is C16H21N3O. The lowest BCUT2D eigenvalue weighted by Gasteiger charge is -2.22. The Labute approximate surface area is 119 Å². The predicted octanol–water partition coefficient (Wildman–Crippen LogP) is 2.79. The van der Waals surface area contributed by atoms with Gasteiger partial charge in [0.05, 0.1) is 11.7 Å². The van der Waals surface area contributed by atoms with E-state index in [1.807, 2.05) is 12.3 Å². The summed E-state index contributed by atoms with van der Waals surface area (Å²) in [6, 6.07) is 6.56. The summed E-state index contributed by atoms with van der Waals surface area (Å²) >= 11 is 0. The van der Waals surface area contributed by atoms with Gasteiger partial charge in [0, 0.05) is 11.4 Å². The van der Waals surface area contributed by atoms with E-state index in [4.69, 9.17) is 0 Å². The molecule has 0 bridgehead atoms. The maximum atomic E-state index is 12.1. The number of hydrogen-bond donors (Lipinski definition) is 1.